The average Bonchev–Trinajstić information content (AvgIpc) is 3.34. The summed E-state index contributed by atoms with van der Waals surface area (Å²) in [4.78, 5) is 21.8. The lowest BCUT2D eigenvalue weighted by Crippen LogP contribution is -2.21. The maximum atomic E-state index is 13.2. The third-order valence-electron chi connectivity index (χ3n) is 5.34. The number of aryl methyl sites for hydroxylation is 2. The number of methoxy groups -OCH3 is 1. The zero-order chi connectivity index (χ0) is 21.7. The molecule has 0 atom stereocenters. The van der Waals surface area contributed by atoms with E-state index in [4.69, 9.17) is 4.74 Å². The molecule has 0 radical (unpaired) electrons. The van der Waals surface area contributed by atoms with Crippen LogP contribution in [-0.2, 0) is 14.1 Å². The van der Waals surface area contributed by atoms with E-state index in [0.717, 1.165) is 16.5 Å². The lowest BCUT2D eigenvalue weighted by molar-refractivity contribution is 0.417. The van der Waals surface area contributed by atoms with E-state index < -0.39 is 0 Å². The number of nitrogens with zero attached hydrogens (tertiary/aromatic N) is 7. The van der Waals surface area contributed by atoms with Crippen LogP contribution in [0.2, 0.25) is 0 Å². The van der Waals surface area contributed by atoms with Crippen LogP contribution in [0.25, 0.3) is 38.8 Å². The molecule has 0 N–H and O–H groups in total. The quantitative estimate of drug-likeness (QED) is 0.452. The Morgan fingerprint density at radius 1 is 1.13 bits per heavy atom. The summed E-state index contributed by atoms with van der Waals surface area (Å²) in [5.74, 6) is 0.660. The van der Waals surface area contributed by atoms with E-state index in [1.807, 2.05) is 31.4 Å². The summed E-state index contributed by atoms with van der Waals surface area (Å²) in [5.41, 5.74) is 4.34. The second kappa shape index (κ2) is 6.81. The standard InChI is InChI=1S/C22H17N7O2/c1-27-12-13(10-26-27)16-7-17-18(8-20(16)31-3)25-11-19-21(17)29(22(30)28(19)2)15-4-5-24-14(6-15)9-23/h4-8,10-12H,1-3H3. The lowest BCUT2D eigenvalue weighted by atomic mass is 10.0. The molecule has 0 bridgehead atoms. The number of nitriles is 1. The number of rotatable bonds is 3. The van der Waals surface area contributed by atoms with Crippen LogP contribution in [0.15, 0.2) is 53.8 Å². The highest BCUT2D eigenvalue weighted by atomic mass is 16.5. The number of aromatic nitrogens is 6. The fraction of sp³-hybridized carbons (Fsp3) is 0.136. The van der Waals surface area contributed by atoms with Gasteiger partial charge >= 0.3 is 5.69 Å². The van der Waals surface area contributed by atoms with Crippen LogP contribution >= 0.6 is 0 Å². The molecule has 5 aromatic rings. The van der Waals surface area contributed by atoms with E-state index in [1.165, 1.54) is 6.20 Å². The van der Waals surface area contributed by atoms with Gasteiger partial charge in [-0.25, -0.2) is 9.78 Å². The van der Waals surface area contributed by atoms with Gasteiger partial charge in [-0.2, -0.15) is 10.4 Å². The van der Waals surface area contributed by atoms with Crippen molar-refractivity contribution in [1.29, 1.82) is 5.26 Å². The van der Waals surface area contributed by atoms with E-state index in [2.05, 4.69) is 15.1 Å². The largest absolute Gasteiger partial charge is 0.496 e. The summed E-state index contributed by atoms with van der Waals surface area (Å²) in [5, 5.41) is 14.3. The van der Waals surface area contributed by atoms with Crippen molar-refractivity contribution in [3.05, 3.63) is 65.2 Å². The van der Waals surface area contributed by atoms with Gasteiger partial charge in [0.05, 0.1) is 41.7 Å². The molecule has 0 aliphatic carbocycles. The van der Waals surface area contributed by atoms with E-state index >= 15 is 0 Å². The van der Waals surface area contributed by atoms with Crippen LogP contribution in [0.3, 0.4) is 0 Å². The molecule has 0 aliphatic heterocycles. The fourth-order valence-electron chi connectivity index (χ4n) is 3.84. The summed E-state index contributed by atoms with van der Waals surface area (Å²) < 4.78 is 10.5. The Balaban J connectivity index is 1.92. The lowest BCUT2D eigenvalue weighted by Gasteiger charge is -2.11. The predicted octanol–water partition coefficient (Wildman–Crippen LogP) is 2.55. The molecular weight excluding hydrogens is 394 g/mol. The van der Waals surface area contributed by atoms with Crippen molar-refractivity contribution in [2.45, 2.75) is 0 Å². The van der Waals surface area contributed by atoms with Crippen molar-refractivity contribution in [1.82, 2.24) is 28.9 Å². The normalized spacial score (nSPS) is 11.2. The van der Waals surface area contributed by atoms with Crippen molar-refractivity contribution in [2.24, 2.45) is 14.1 Å². The first-order chi connectivity index (χ1) is 15.0. The van der Waals surface area contributed by atoms with Crippen molar-refractivity contribution < 1.29 is 4.74 Å². The first kappa shape index (κ1) is 18.6. The van der Waals surface area contributed by atoms with Crippen LogP contribution in [0, 0.1) is 11.3 Å². The number of imidazole rings is 1. The predicted molar refractivity (Wildman–Crippen MR) is 115 cm³/mol. The van der Waals surface area contributed by atoms with Crippen LogP contribution in [0.1, 0.15) is 5.69 Å². The number of fused-ring (bicyclic) bond motifs is 3. The van der Waals surface area contributed by atoms with Crippen LogP contribution < -0.4 is 10.4 Å². The topological polar surface area (TPSA) is 104 Å². The Hall–Kier alpha value is -4.45. The molecule has 5 rings (SSSR count). The van der Waals surface area contributed by atoms with Gasteiger partial charge < -0.3 is 4.74 Å². The summed E-state index contributed by atoms with van der Waals surface area (Å²) in [7, 11) is 5.16. The molecule has 4 aromatic heterocycles. The molecule has 0 saturated carbocycles. The minimum absolute atomic E-state index is 0.234. The molecule has 0 amide bonds. The van der Waals surface area contributed by atoms with Gasteiger partial charge in [-0.3, -0.25) is 18.8 Å². The monoisotopic (exact) mass is 411 g/mol. The van der Waals surface area contributed by atoms with Gasteiger partial charge in [0.25, 0.3) is 0 Å². The van der Waals surface area contributed by atoms with Gasteiger partial charge in [0.15, 0.2) is 0 Å². The first-order valence-electron chi connectivity index (χ1n) is 9.45. The Bertz CT molecular complexity index is 1580. The summed E-state index contributed by atoms with van der Waals surface area (Å²) in [6.45, 7) is 0. The molecule has 4 heterocycles. The highest BCUT2D eigenvalue weighted by molar-refractivity contribution is 6.05. The fourth-order valence-corrected chi connectivity index (χ4v) is 3.84. The van der Waals surface area contributed by atoms with Crippen LogP contribution in [-0.4, -0.2) is 36.0 Å². The van der Waals surface area contributed by atoms with Crippen molar-refractivity contribution in [3.8, 4) is 28.6 Å². The molecule has 0 saturated heterocycles. The molecule has 152 valence electrons. The van der Waals surface area contributed by atoms with E-state index in [1.54, 1.807) is 52.5 Å². The summed E-state index contributed by atoms with van der Waals surface area (Å²) in [6, 6.07) is 9.14. The zero-order valence-corrected chi connectivity index (χ0v) is 17.1. The Morgan fingerprint density at radius 3 is 2.68 bits per heavy atom. The van der Waals surface area contributed by atoms with Gasteiger partial charge in [-0.1, -0.05) is 0 Å². The smallest absolute Gasteiger partial charge is 0.333 e. The van der Waals surface area contributed by atoms with Gasteiger partial charge in [0.2, 0.25) is 0 Å². The molecule has 0 aliphatic rings. The molecule has 0 unspecified atom stereocenters. The van der Waals surface area contributed by atoms with Gasteiger partial charge in [0.1, 0.15) is 17.5 Å². The summed E-state index contributed by atoms with van der Waals surface area (Å²) >= 11 is 0. The van der Waals surface area contributed by atoms with E-state index in [0.29, 0.717) is 28.0 Å². The maximum absolute atomic E-state index is 13.2. The third kappa shape index (κ3) is 2.77. The number of hydrogen-bond donors (Lipinski definition) is 0. The number of benzene rings is 1. The number of pyridine rings is 2. The van der Waals surface area contributed by atoms with Crippen LogP contribution in [0.5, 0.6) is 5.75 Å². The zero-order valence-electron chi connectivity index (χ0n) is 17.1. The molecule has 9 nitrogen and oxygen atoms in total. The van der Waals surface area contributed by atoms with Gasteiger partial charge in [-0.15, -0.1) is 0 Å². The molecule has 31 heavy (non-hydrogen) atoms. The average molecular weight is 411 g/mol. The van der Waals surface area contributed by atoms with E-state index in [-0.39, 0.29) is 11.4 Å². The number of ether oxygens (including phenoxy) is 1. The van der Waals surface area contributed by atoms with Crippen molar-refractivity contribution >= 4 is 21.9 Å². The first-order valence-corrected chi connectivity index (χ1v) is 9.45. The van der Waals surface area contributed by atoms with Crippen LogP contribution in [0.4, 0.5) is 0 Å². The van der Waals surface area contributed by atoms with Crippen molar-refractivity contribution in [3.63, 3.8) is 0 Å². The Labute approximate surface area is 176 Å². The van der Waals surface area contributed by atoms with Gasteiger partial charge in [-0.05, 0) is 18.2 Å². The van der Waals surface area contributed by atoms with Crippen molar-refractivity contribution in [2.75, 3.05) is 7.11 Å². The molecular formula is C22H17N7O2. The molecule has 0 spiro atoms. The molecule has 1 aromatic carbocycles. The minimum atomic E-state index is -0.238. The third-order valence-corrected chi connectivity index (χ3v) is 5.34. The Kier molecular flexibility index (Phi) is 4.08. The molecule has 9 heteroatoms. The Morgan fingerprint density at radius 2 is 1.97 bits per heavy atom. The highest BCUT2D eigenvalue weighted by Crippen LogP contribution is 2.36. The SMILES string of the molecule is COc1cc2ncc3c(c2cc1-c1cnn(C)c1)n(-c1ccnc(C#N)c1)c(=O)n3C. The second-order valence-electron chi connectivity index (χ2n) is 7.15. The second-order valence-corrected chi connectivity index (χ2v) is 7.15. The van der Waals surface area contributed by atoms with E-state index in [9.17, 15) is 10.1 Å². The highest BCUT2D eigenvalue weighted by Gasteiger charge is 2.19. The maximum Gasteiger partial charge on any atom is 0.333 e. The minimum Gasteiger partial charge on any atom is -0.496 e. The molecule has 0 fully saturated rings. The number of hydrogen-bond acceptors (Lipinski definition) is 6. The van der Waals surface area contributed by atoms with Gasteiger partial charge in [0, 0.05) is 49.1 Å². The summed E-state index contributed by atoms with van der Waals surface area (Å²) in [6.07, 6.45) is 6.85.